The lowest BCUT2D eigenvalue weighted by molar-refractivity contribution is 1.22. The average molecular weight is 227 g/mol. The maximum atomic E-state index is 4.32. The lowest BCUT2D eigenvalue weighted by Crippen LogP contribution is -1.80. The van der Waals surface area contributed by atoms with E-state index in [1.54, 1.807) is 18.4 Å². The number of hydrogen-bond donors (Lipinski definition) is 0. The quantitative estimate of drug-likeness (QED) is 0.438. The largest absolute Gasteiger partial charge is 0.256 e. The van der Waals surface area contributed by atoms with Crippen LogP contribution in [-0.4, -0.2) is 6.21 Å². The first kappa shape index (κ1) is 15.1. The number of hydrogen-bond acceptors (Lipinski definition) is 1. The van der Waals surface area contributed by atoms with E-state index in [-0.39, 0.29) is 0 Å². The summed E-state index contributed by atoms with van der Waals surface area (Å²) in [5.74, 6) is 0. The van der Waals surface area contributed by atoms with Crippen molar-refractivity contribution in [1.82, 2.24) is 0 Å². The molecular formula is C16H21N. The van der Waals surface area contributed by atoms with E-state index in [0.717, 1.165) is 17.7 Å². The van der Waals surface area contributed by atoms with E-state index >= 15 is 0 Å². The van der Waals surface area contributed by atoms with Crippen LogP contribution >= 0.6 is 0 Å². The molecule has 0 saturated carbocycles. The molecular weight excluding hydrogens is 206 g/mol. The Morgan fingerprint density at radius 2 is 1.88 bits per heavy atom. The Hall–Kier alpha value is -1.89. The highest BCUT2D eigenvalue weighted by Crippen LogP contribution is 2.01. The van der Waals surface area contributed by atoms with Gasteiger partial charge in [0.2, 0.25) is 0 Å². The van der Waals surface area contributed by atoms with Gasteiger partial charge in [0.25, 0.3) is 0 Å². The first-order valence-electron chi connectivity index (χ1n) is 5.77. The highest BCUT2D eigenvalue weighted by Gasteiger charge is 1.86. The van der Waals surface area contributed by atoms with E-state index in [9.17, 15) is 0 Å². The van der Waals surface area contributed by atoms with Gasteiger partial charge in [-0.15, -0.1) is 0 Å². The van der Waals surface area contributed by atoms with Crippen LogP contribution in [0.3, 0.4) is 0 Å². The molecule has 0 aliphatic heterocycles. The van der Waals surface area contributed by atoms with Gasteiger partial charge in [0.15, 0.2) is 0 Å². The van der Waals surface area contributed by atoms with Crippen molar-refractivity contribution in [3.8, 4) is 0 Å². The summed E-state index contributed by atoms with van der Waals surface area (Å²) >= 11 is 0. The van der Waals surface area contributed by atoms with Gasteiger partial charge in [0.1, 0.15) is 0 Å². The summed E-state index contributed by atoms with van der Waals surface area (Å²) in [5, 5.41) is 0. The van der Waals surface area contributed by atoms with Crippen LogP contribution in [-0.2, 0) is 0 Å². The van der Waals surface area contributed by atoms with Crippen molar-refractivity contribution in [1.29, 1.82) is 0 Å². The molecule has 90 valence electrons. The fraction of sp³-hybridized carbons (Fsp3) is 0.188. The van der Waals surface area contributed by atoms with Crippen molar-refractivity contribution in [3.05, 3.63) is 73.0 Å². The molecule has 0 aliphatic carbocycles. The lowest BCUT2D eigenvalue weighted by atomic mass is 10.2. The van der Waals surface area contributed by atoms with Crippen molar-refractivity contribution in [2.75, 3.05) is 0 Å². The second kappa shape index (κ2) is 10.6. The second-order valence-electron chi connectivity index (χ2n) is 3.29. The maximum Gasteiger partial charge on any atom is 0.0623 e. The Bertz CT molecular complexity index is 376. The molecule has 0 amide bonds. The molecule has 0 aromatic heterocycles. The van der Waals surface area contributed by atoms with Gasteiger partial charge >= 0.3 is 0 Å². The smallest absolute Gasteiger partial charge is 0.0623 e. The van der Waals surface area contributed by atoms with E-state index in [1.165, 1.54) is 0 Å². The van der Waals surface area contributed by atoms with Crippen molar-refractivity contribution in [3.63, 3.8) is 0 Å². The van der Waals surface area contributed by atoms with Crippen molar-refractivity contribution in [2.45, 2.75) is 20.3 Å². The van der Waals surface area contributed by atoms with Gasteiger partial charge in [-0.2, -0.15) is 0 Å². The van der Waals surface area contributed by atoms with Gasteiger partial charge in [0, 0.05) is 6.21 Å². The van der Waals surface area contributed by atoms with Crippen LogP contribution in [0.5, 0.6) is 0 Å². The van der Waals surface area contributed by atoms with Crippen LogP contribution < -0.4 is 0 Å². The molecule has 0 fully saturated rings. The first-order chi connectivity index (χ1) is 8.28. The molecule has 0 heterocycles. The Labute approximate surface area is 105 Å². The third-order valence-corrected chi connectivity index (χ3v) is 1.93. The summed E-state index contributed by atoms with van der Waals surface area (Å²) < 4.78 is 0. The van der Waals surface area contributed by atoms with Gasteiger partial charge < -0.3 is 0 Å². The molecule has 0 saturated heterocycles. The second-order valence-corrected chi connectivity index (χ2v) is 3.29. The predicted molar refractivity (Wildman–Crippen MR) is 79.3 cm³/mol. The Kier molecular flexibility index (Phi) is 9.44. The van der Waals surface area contributed by atoms with E-state index in [1.807, 2.05) is 37.3 Å². The van der Waals surface area contributed by atoms with E-state index in [2.05, 4.69) is 31.2 Å². The van der Waals surface area contributed by atoms with Gasteiger partial charge in [-0.1, -0.05) is 56.5 Å². The van der Waals surface area contributed by atoms with E-state index < -0.39 is 0 Å². The molecule has 0 unspecified atom stereocenters. The average Bonchev–Trinajstić information content (AvgIpc) is 2.36. The van der Waals surface area contributed by atoms with E-state index in [0.29, 0.717) is 0 Å². The van der Waals surface area contributed by atoms with Crippen LogP contribution in [0, 0.1) is 0 Å². The van der Waals surface area contributed by atoms with Crippen LogP contribution in [0.4, 0.5) is 0 Å². The highest BCUT2D eigenvalue weighted by atomic mass is 14.7. The summed E-state index contributed by atoms with van der Waals surface area (Å²) in [6, 6.07) is 0. The fourth-order valence-corrected chi connectivity index (χ4v) is 0.987. The number of nitrogens with zero attached hydrogens (tertiary/aromatic N) is 1. The van der Waals surface area contributed by atoms with Crippen molar-refractivity contribution < 1.29 is 0 Å². The summed E-state index contributed by atoms with van der Waals surface area (Å²) in [4.78, 5) is 4.32. The standard InChI is InChI=1S/C16H21N/c1-5-9-11-12-15(7-3)14-17-16(8-4)13-10-6-2/h6-14H,3-5H2,1-2H3/b10-6-,11-9-,15-12+,16-13+,17-14-. The van der Waals surface area contributed by atoms with Gasteiger partial charge in [-0.25, -0.2) is 0 Å². The third-order valence-electron chi connectivity index (χ3n) is 1.93. The SMILES string of the molecule is C=CC(/C=N\C(C=C)=C\C=C/C)=C\C=C/CC. The number of allylic oxidation sites excluding steroid dienone is 9. The predicted octanol–water partition coefficient (Wildman–Crippen LogP) is 4.78. The number of aliphatic imine (C=N–C) groups is 1. The molecule has 1 heteroatoms. The molecule has 0 aromatic carbocycles. The first-order valence-corrected chi connectivity index (χ1v) is 5.77. The summed E-state index contributed by atoms with van der Waals surface area (Å²) in [6.07, 6.45) is 18.2. The lowest BCUT2D eigenvalue weighted by Gasteiger charge is -1.93. The summed E-state index contributed by atoms with van der Waals surface area (Å²) in [7, 11) is 0. The summed E-state index contributed by atoms with van der Waals surface area (Å²) in [6.45, 7) is 11.5. The van der Waals surface area contributed by atoms with E-state index in [4.69, 9.17) is 0 Å². The maximum absolute atomic E-state index is 4.32. The number of rotatable bonds is 7. The minimum atomic E-state index is 0.829. The Morgan fingerprint density at radius 3 is 2.41 bits per heavy atom. The van der Waals surface area contributed by atoms with Gasteiger partial charge in [-0.3, -0.25) is 4.99 Å². The highest BCUT2D eigenvalue weighted by molar-refractivity contribution is 5.83. The molecule has 0 atom stereocenters. The molecule has 1 nitrogen and oxygen atoms in total. The van der Waals surface area contributed by atoms with Gasteiger partial charge in [0.05, 0.1) is 5.70 Å². The zero-order valence-electron chi connectivity index (χ0n) is 10.8. The molecule has 0 radical (unpaired) electrons. The molecule has 0 bridgehead atoms. The summed E-state index contributed by atoms with van der Waals surface area (Å²) in [5.41, 5.74) is 1.80. The van der Waals surface area contributed by atoms with Crippen molar-refractivity contribution in [2.24, 2.45) is 4.99 Å². The fourth-order valence-electron chi connectivity index (χ4n) is 0.987. The Morgan fingerprint density at radius 1 is 1.12 bits per heavy atom. The minimum absolute atomic E-state index is 0.829. The third kappa shape index (κ3) is 7.97. The Balaban J connectivity index is 4.75. The zero-order valence-corrected chi connectivity index (χ0v) is 10.8. The van der Waals surface area contributed by atoms with Crippen molar-refractivity contribution >= 4 is 6.21 Å². The zero-order chi connectivity index (χ0) is 12.9. The molecule has 0 rings (SSSR count). The van der Waals surface area contributed by atoms with Crippen LogP contribution in [0.25, 0.3) is 0 Å². The molecule has 0 spiro atoms. The molecule has 0 aliphatic rings. The van der Waals surface area contributed by atoms with Crippen LogP contribution in [0.1, 0.15) is 20.3 Å². The molecule has 17 heavy (non-hydrogen) atoms. The molecule has 0 aromatic rings. The van der Waals surface area contributed by atoms with Crippen LogP contribution in [0.2, 0.25) is 0 Å². The monoisotopic (exact) mass is 227 g/mol. The topological polar surface area (TPSA) is 12.4 Å². The normalized spacial score (nSPS) is 14.0. The van der Waals surface area contributed by atoms with Crippen LogP contribution in [0.15, 0.2) is 78.0 Å². The molecule has 0 N–H and O–H groups in total. The van der Waals surface area contributed by atoms with Gasteiger partial charge in [-0.05, 0) is 31.1 Å². The minimum Gasteiger partial charge on any atom is -0.256 e.